The molecule has 1 amide bonds. The highest BCUT2D eigenvalue weighted by atomic mass is 19.4. The van der Waals surface area contributed by atoms with E-state index in [1.807, 2.05) is 0 Å². The number of alkyl halides is 3. The van der Waals surface area contributed by atoms with Crippen LogP contribution in [-0.2, 0) is 9.53 Å². The second kappa shape index (κ2) is 5.32. The molecule has 0 aliphatic rings. The zero-order chi connectivity index (χ0) is 12.1. The largest absolute Gasteiger partial charge is 0.415 e. The van der Waals surface area contributed by atoms with E-state index in [1.54, 1.807) is 6.92 Å². The highest BCUT2D eigenvalue weighted by molar-refractivity contribution is 5.86. The monoisotopic (exact) mass is 228 g/mol. The summed E-state index contributed by atoms with van der Waals surface area (Å²) in [4.78, 5) is 11.1. The Morgan fingerprint density at radius 1 is 1.47 bits per heavy atom. The second-order valence-electron chi connectivity index (χ2n) is 3.15. The molecule has 0 saturated heterocycles. The first-order chi connectivity index (χ1) is 6.73. The first-order valence-corrected chi connectivity index (χ1v) is 4.45. The number of hydrogen-bond acceptors (Lipinski definition) is 3. The Bertz CT molecular complexity index is 216. The van der Waals surface area contributed by atoms with Crippen LogP contribution in [0.15, 0.2) is 0 Å². The third kappa shape index (κ3) is 4.05. The summed E-state index contributed by atoms with van der Waals surface area (Å²) in [6.07, 6.45) is -4.76. The van der Waals surface area contributed by atoms with Gasteiger partial charge in [0.25, 0.3) is 0 Å². The zero-order valence-corrected chi connectivity index (χ0v) is 8.65. The van der Waals surface area contributed by atoms with Crippen molar-refractivity contribution in [2.24, 2.45) is 5.73 Å². The van der Waals surface area contributed by atoms with Gasteiger partial charge in [-0.15, -0.1) is 0 Å². The molecule has 3 N–H and O–H groups in total. The van der Waals surface area contributed by atoms with E-state index in [4.69, 9.17) is 10.5 Å². The number of nitrogens with one attached hydrogen (secondary N) is 1. The summed E-state index contributed by atoms with van der Waals surface area (Å²) < 4.78 is 41.6. The average Bonchev–Trinajstić information content (AvgIpc) is 2.10. The summed E-state index contributed by atoms with van der Waals surface area (Å²) in [6.45, 7) is 2.98. The lowest BCUT2D eigenvalue weighted by molar-refractivity contribution is -0.187. The maximum absolute atomic E-state index is 12.2. The third-order valence-corrected chi connectivity index (χ3v) is 1.80. The zero-order valence-electron chi connectivity index (χ0n) is 8.65. The predicted octanol–water partition coefficient (Wildman–Crippen LogP) is 0.419. The molecular formula is C8H15F3N2O2. The number of hydrogen-bond donors (Lipinski definition) is 2. The molecule has 15 heavy (non-hydrogen) atoms. The molecule has 0 saturated carbocycles. The van der Waals surface area contributed by atoms with Crippen LogP contribution in [0.1, 0.15) is 13.8 Å². The first-order valence-electron chi connectivity index (χ1n) is 4.45. The fraction of sp³-hybridized carbons (Fsp3) is 0.875. The van der Waals surface area contributed by atoms with Gasteiger partial charge in [-0.25, -0.2) is 0 Å². The van der Waals surface area contributed by atoms with Crippen LogP contribution in [0.4, 0.5) is 13.2 Å². The van der Waals surface area contributed by atoms with E-state index in [2.05, 4.69) is 5.32 Å². The van der Waals surface area contributed by atoms with E-state index >= 15 is 0 Å². The van der Waals surface area contributed by atoms with Crippen LogP contribution in [0.5, 0.6) is 0 Å². The predicted molar refractivity (Wildman–Crippen MR) is 48.2 cm³/mol. The standard InChI is InChI=1S/C8H15F3N2O2/c1-3-15-5-4-13-6(14)7(2,12)8(9,10)11/h3-5,12H2,1-2H3,(H,13,14). The smallest absolute Gasteiger partial charge is 0.380 e. The molecule has 0 bridgehead atoms. The highest BCUT2D eigenvalue weighted by Crippen LogP contribution is 2.27. The maximum atomic E-state index is 12.2. The van der Waals surface area contributed by atoms with Gasteiger partial charge in [0, 0.05) is 13.2 Å². The van der Waals surface area contributed by atoms with E-state index in [-0.39, 0.29) is 13.2 Å². The van der Waals surface area contributed by atoms with Crippen molar-refractivity contribution in [1.82, 2.24) is 5.32 Å². The number of ether oxygens (including phenoxy) is 1. The van der Waals surface area contributed by atoms with Crippen LogP contribution in [0, 0.1) is 0 Å². The fourth-order valence-electron chi connectivity index (χ4n) is 0.693. The van der Waals surface area contributed by atoms with Crippen LogP contribution in [0.3, 0.4) is 0 Å². The SMILES string of the molecule is CCOCCNC(=O)C(C)(N)C(F)(F)F. The van der Waals surface area contributed by atoms with Crippen molar-refractivity contribution in [3.8, 4) is 0 Å². The Kier molecular flexibility index (Phi) is 5.02. The Hall–Kier alpha value is -0.820. The summed E-state index contributed by atoms with van der Waals surface area (Å²) in [6, 6.07) is 0. The van der Waals surface area contributed by atoms with Crippen molar-refractivity contribution >= 4 is 5.91 Å². The van der Waals surface area contributed by atoms with E-state index in [0.29, 0.717) is 13.5 Å². The molecule has 0 aromatic rings. The molecule has 0 aromatic carbocycles. The van der Waals surface area contributed by atoms with Crippen LogP contribution < -0.4 is 11.1 Å². The lowest BCUT2D eigenvalue weighted by Crippen LogP contribution is -2.61. The molecule has 0 rings (SSSR count). The van der Waals surface area contributed by atoms with Crippen LogP contribution in [-0.4, -0.2) is 37.4 Å². The number of nitrogens with two attached hydrogens (primary N) is 1. The van der Waals surface area contributed by atoms with Gasteiger partial charge in [0.15, 0.2) is 5.54 Å². The Labute approximate surface area is 86.0 Å². The average molecular weight is 228 g/mol. The van der Waals surface area contributed by atoms with Crippen LogP contribution >= 0.6 is 0 Å². The summed E-state index contributed by atoms with van der Waals surface area (Å²) in [5.41, 5.74) is 2.01. The molecule has 0 aromatic heterocycles. The summed E-state index contributed by atoms with van der Waals surface area (Å²) in [5.74, 6) is -1.25. The molecule has 4 nitrogen and oxygen atoms in total. The topological polar surface area (TPSA) is 64.3 Å². The maximum Gasteiger partial charge on any atom is 0.415 e. The van der Waals surface area contributed by atoms with Crippen molar-refractivity contribution in [2.45, 2.75) is 25.6 Å². The van der Waals surface area contributed by atoms with Gasteiger partial charge in [0.1, 0.15) is 0 Å². The second-order valence-corrected chi connectivity index (χ2v) is 3.15. The van der Waals surface area contributed by atoms with Crippen molar-refractivity contribution in [3.05, 3.63) is 0 Å². The highest BCUT2D eigenvalue weighted by Gasteiger charge is 2.53. The minimum atomic E-state index is -4.76. The van der Waals surface area contributed by atoms with Gasteiger partial charge in [-0.2, -0.15) is 13.2 Å². The van der Waals surface area contributed by atoms with E-state index < -0.39 is 17.6 Å². The first kappa shape index (κ1) is 14.2. The number of carbonyl (C=O) groups excluding carboxylic acids is 1. The van der Waals surface area contributed by atoms with Crippen LogP contribution in [0.25, 0.3) is 0 Å². The van der Waals surface area contributed by atoms with Gasteiger partial charge in [0.2, 0.25) is 5.91 Å². The lowest BCUT2D eigenvalue weighted by atomic mass is 10.0. The number of carbonyl (C=O) groups is 1. The van der Waals surface area contributed by atoms with Gasteiger partial charge < -0.3 is 15.8 Å². The van der Waals surface area contributed by atoms with Crippen LogP contribution in [0.2, 0.25) is 0 Å². The van der Waals surface area contributed by atoms with Gasteiger partial charge in [-0.1, -0.05) is 0 Å². The van der Waals surface area contributed by atoms with Crippen molar-refractivity contribution < 1.29 is 22.7 Å². The molecular weight excluding hydrogens is 213 g/mol. The normalized spacial score (nSPS) is 15.9. The molecule has 0 aliphatic carbocycles. The van der Waals surface area contributed by atoms with E-state index in [1.165, 1.54) is 0 Å². The van der Waals surface area contributed by atoms with Gasteiger partial charge in [0.05, 0.1) is 6.61 Å². The number of halogens is 3. The summed E-state index contributed by atoms with van der Waals surface area (Å²) in [5, 5.41) is 2.06. The minimum Gasteiger partial charge on any atom is -0.380 e. The number of rotatable bonds is 5. The lowest BCUT2D eigenvalue weighted by Gasteiger charge is -2.26. The molecule has 1 unspecified atom stereocenters. The van der Waals surface area contributed by atoms with Crippen molar-refractivity contribution in [1.29, 1.82) is 0 Å². The van der Waals surface area contributed by atoms with Gasteiger partial charge in [-0.3, -0.25) is 4.79 Å². The van der Waals surface area contributed by atoms with E-state index in [9.17, 15) is 18.0 Å². The van der Waals surface area contributed by atoms with E-state index in [0.717, 1.165) is 0 Å². The summed E-state index contributed by atoms with van der Waals surface area (Å²) in [7, 11) is 0. The molecule has 7 heteroatoms. The fourth-order valence-corrected chi connectivity index (χ4v) is 0.693. The third-order valence-electron chi connectivity index (χ3n) is 1.80. The Balaban J connectivity index is 4.10. The molecule has 0 fully saturated rings. The Morgan fingerprint density at radius 2 is 2.00 bits per heavy atom. The molecule has 1 atom stereocenters. The number of amides is 1. The Morgan fingerprint density at radius 3 is 2.40 bits per heavy atom. The molecule has 0 aliphatic heterocycles. The quantitative estimate of drug-likeness (QED) is 0.670. The summed E-state index contributed by atoms with van der Waals surface area (Å²) >= 11 is 0. The molecule has 0 heterocycles. The minimum absolute atomic E-state index is 0.00947. The molecule has 0 spiro atoms. The molecule has 90 valence electrons. The van der Waals surface area contributed by atoms with Gasteiger partial charge >= 0.3 is 6.18 Å². The van der Waals surface area contributed by atoms with Crippen molar-refractivity contribution in [2.75, 3.05) is 19.8 Å². The van der Waals surface area contributed by atoms with Crippen molar-refractivity contribution in [3.63, 3.8) is 0 Å². The molecule has 0 radical (unpaired) electrons. The van der Waals surface area contributed by atoms with Gasteiger partial charge in [-0.05, 0) is 13.8 Å².